The monoisotopic (exact) mass is 347 g/mol. The van der Waals surface area contributed by atoms with Gasteiger partial charge in [0.1, 0.15) is 0 Å². The molecule has 4 nitrogen and oxygen atoms in total. The van der Waals surface area contributed by atoms with Crippen molar-refractivity contribution in [2.45, 2.75) is 5.16 Å². The standard InChI is InChI=1S/C20H17N3OS/c1-22-13-7-12-18(22)19(24)14-25-20-21-16-10-5-6-11-17(16)23(20)15-8-3-2-4-9-15/h2-13H,14H2,1H3. The van der Waals surface area contributed by atoms with Crippen molar-refractivity contribution in [2.75, 3.05) is 5.75 Å². The highest BCUT2D eigenvalue weighted by atomic mass is 32.2. The van der Waals surface area contributed by atoms with E-state index < -0.39 is 0 Å². The quantitative estimate of drug-likeness (QED) is 0.398. The lowest BCUT2D eigenvalue weighted by Crippen LogP contribution is -2.08. The first-order valence-electron chi connectivity index (χ1n) is 8.04. The minimum Gasteiger partial charge on any atom is -0.348 e. The first kappa shape index (κ1) is 15.7. The molecule has 0 aliphatic heterocycles. The first-order valence-corrected chi connectivity index (χ1v) is 9.03. The minimum absolute atomic E-state index is 0.101. The van der Waals surface area contributed by atoms with Gasteiger partial charge in [-0.3, -0.25) is 9.36 Å². The number of fused-ring (bicyclic) bond motifs is 1. The predicted molar refractivity (Wildman–Crippen MR) is 102 cm³/mol. The number of thioether (sulfide) groups is 1. The normalized spacial score (nSPS) is 11.1. The summed E-state index contributed by atoms with van der Waals surface area (Å²) in [5.74, 6) is 0.456. The summed E-state index contributed by atoms with van der Waals surface area (Å²) in [6, 6.07) is 21.9. The molecule has 2 aromatic carbocycles. The van der Waals surface area contributed by atoms with E-state index in [9.17, 15) is 4.79 Å². The Morgan fingerprint density at radius 2 is 1.76 bits per heavy atom. The highest BCUT2D eigenvalue weighted by molar-refractivity contribution is 7.99. The van der Waals surface area contributed by atoms with Gasteiger partial charge in [-0.15, -0.1) is 0 Å². The number of hydrogen-bond acceptors (Lipinski definition) is 3. The molecule has 0 N–H and O–H groups in total. The Morgan fingerprint density at radius 1 is 1.00 bits per heavy atom. The van der Waals surface area contributed by atoms with E-state index in [-0.39, 0.29) is 5.78 Å². The topological polar surface area (TPSA) is 39.8 Å². The summed E-state index contributed by atoms with van der Waals surface area (Å²) in [4.78, 5) is 17.2. The zero-order chi connectivity index (χ0) is 17.2. The van der Waals surface area contributed by atoms with Crippen molar-refractivity contribution in [1.29, 1.82) is 0 Å². The third kappa shape index (κ3) is 2.98. The van der Waals surface area contributed by atoms with Crippen molar-refractivity contribution in [3.05, 3.63) is 78.6 Å². The summed E-state index contributed by atoms with van der Waals surface area (Å²) in [5, 5.41) is 0.829. The molecule has 0 radical (unpaired) electrons. The van der Waals surface area contributed by atoms with Crippen molar-refractivity contribution in [2.24, 2.45) is 7.05 Å². The average Bonchev–Trinajstić information content (AvgIpc) is 3.23. The number of carbonyl (C=O) groups is 1. The van der Waals surface area contributed by atoms with Crippen LogP contribution in [0.5, 0.6) is 0 Å². The second-order valence-electron chi connectivity index (χ2n) is 5.77. The molecule has 0 amide bonds. The number of aromatic nitrogens is 3. The molecule has 0 saturated heterocycles. The van der Waals surface area contributed by atoms with Gasteiger partial charge in [-0.1, -0.05) is 42.1 Å². The summed E-state index contributed by atoms with van der Waals surface area (Å²) in [6.45, 7) is 0. The smallest absolute Gasteiger partial charge is 0.189 e. The summed E-state index contributed by atoms with van der Waals surface area (Å²) in [5.41, 5.74) is 3.74. The highest BCUT2D eigenvalue weighted by Gasteiger charge is 2.16. The Bertz CT molecular complexity index is 1030. The van der Waals surface area contributed by atoms with Crippen LogP contribution in [0.3, 0.4) is 0 Å². The van der Waals surface area contributed by atoms with Gasteiger partial charge in [0.25, 0.3) is 0 Å². The van der Waals surface area contributed by atoms with E-state index in [2.05, 4.69) is 22.8 Å². The molecule has 124 valence electrons. The Labute approximate surface area is 150 Å². The van der Waals surface area contributed by atoms with Crippen LogP contribution < -0.4 is 0 Å². The molecule has 5 heteroatoms. The molecule has 0 fully saturated rings. The van der Waals surface area contributed by atoms with Gasteiger partial charge < -0.3 is 4.57 Å². The van der Waals surface area contributed by atoms with Gasteiger partial charge in [0, 0.05) is 18.9 Å². The molecule has 2 aromatic heterocycles. The van der Waals surface area contributed by atoms with Crippen LogP contribution >= 0.6 is 11.8 Å². The maximum atomic E-state index is 12.5. The molecule has 0 spiro atoms. The van der Waals surface area contributed by atoms with Crippen LogP contribution in [0.15, 0.2) is 78.1 Å². The largest absolute Gasteiger partial charge is 0.348 e. The molecular weight excluding hydrogens is 330 g/mol. The van der Waals surface area contributed by atoms with Crippen molar-refractivity contribution in [1.82, 2.24) is 14.1 Å². The van der Waals surface area contributed by atoms with Crippen molar-refractivity contribution >= 4 is 28.6 Å². The van der Waals surface area contributed by atoms with Gasteiger partial charge in [0.15, 0.2) is 10.9 Å². The SMILES string of the molecule is Cn1cccc1C(=O)CSc1nc2ccccc2n1-c1ccccc1. The number of rotatable bonds is 5. The van der Waals surface area contributed by atoms with Gasteiger partial charge in [0.05, 0.1) is 22.5 Å². The fourth-order valence-corrected chi connectivity index (χ4v) is 3.79. The summed E-state index contributed by atoms with van der Waals surface area (Å²) < 4.78 is 3.96. The molecule has 4 aromatic rings. The Kier molecular flexibility index (Phi) is 4.15. The van der Waals surface area contributed by atoms with Crippen molar-refractivity contribution < 1.29 is 4.79 Å². The third-order valence-corrected chi connectivity index (χ3v) is 5.04. The van der Waals surface area contributed by atoms with E-state index in [1.165, 1.54) is 11.8 Å². The molecule has 25 heavy (non-hydrogen) atoms. The molecule has 2 heterocycles. The van der Waals surface area contributed by atoms with E-state index in [0.29, 0.717) is 5.75 Å². The number of aryl methyl sites for hydroxylation is 1. The lowest BCUT2D eigenvalue weighted by Gasteiger charge is -2.08. The van der Waals surface area contributed by atoms with Gasteiger partial charge in [-0.05, 0) is 36.4 Å². The average molecular weight is 347 g/mol. The molecule has 0 aliphatic carbocycles. The van der Waals surface area contributed by atoms with Gasteiger partial charge in [-0.25, -0.2) is 4.98 Å². The zero-order valence-electron chi connectivity index (χ0n) is 13.8. The molecule has 0 atom stereocenters. The number of nitrogens with zero attached hydrogens (tertiary/aromatic N) is 3. The van der Waals surface area contributed by atoms with E-state index in [1.54, 1.807) is 0 Å². The molecule has 0 unspecified atom stereocenters. The van der Waals surface area contributed by atoms with Crippen LogP contribution in [-0.4, -0.2) is 25.7 Å². The summed E-state index contributed by atoms with van der Waals surface area (Å²) >= 11 is 1.47. The summed E-state index contributed by atoms with van der Waals surface area (Å²) in [6.07, 6.45) is 1.89. The first-order chi connectivity index (χ1) is 12.2. The van der Waals surface area contributed by atoms with Gasteiger partial charge in [0.2, 0.25) is 0 Å². The lowest BCUT2D eigenvalue weighted by molar-refractivity contribution is 0.101. The fourth-order valence-electron chi connectivity index (χ4n) is 2.88. The minimum atomic E-state index is 0.101. The van der Waals surface area contributed by atoms with Gasteiger partial charge in [-0.2, -0.15) is 0 Å². The van der Waals surface area contributed by atoms with Gasteiger partial charge >= 0.3 is 0 Å². The Morgan fingerprint density at radius 3 is 2.52 bits per heavy atom. The number of carbonyl (C=O) groups excluding carboxylic acids is 1. The Hall–Kier alpha value is -2.79. The zero-order valence-corrected chi connectivity index (χ0v) is 14.6. The van der Waals surface area contributed by atoms with Crippen LogP contribution in [0, 0.1) is 0 Å². The number of hydrogen-bond donors (Lipinski definition) is 0. The number of para-hydroxylation sites is 3. The van der Waals surface area contributed by atoms with Crippen LogP contribution in [0.4, 0.5) is 0 Å². The van der Waals surface area contributed by atoms with Crippen LogP contribution in [0.1, 0.15) is 10.5 Å². The molecule has 0 aliphatic rings. The second-order valence-corrected chi connectivity index (χ2v) is 6.71. The molecular formula is C20H17N3OS. The molecule has 4 rings (SSSR count). The maximum Gasteiger partial charge on any atom is 0.189 e. The summed E-state index contributed by atoms with van der Waals surface area (Å²) in [7, 11) is 1.89. The maximum absolute atomic E-state index is 12.5. The number of ketones is 1. The lowest BCUT2D eigenvalue weighted by atomic mass is 10.3. The predicted octanol–water partition coefficient (Wildman–Crippen LogP) is 4.34. The Balaban J connectivity index is 1.70. The number of Topliss-reactive ketones (excluding diaryl/α,β-unsaturated/α-hetero) is 1. The number of imidazole rings is 1. The highest BCUT2D eigenvalue weighted by Crippen LogP contribution is 2.28. The van der Waals surface area contributed by atoms with E-state index in [4.69, 9.17) is 4.98 Å². The van der Waals surface area contributed by atoms with Crippen LogP contribution in [0.25, 0.3) is 16.7 Å². The number of benzene rings is 2. The van der Waals surface area contributed by atoms with Crippen molar-refractivity contribution in [3.63, 3.8) is 0 Å². The van der Waals surface area contributed by atoms with E-state index in [0.717, 1.165) is 27.6 Å². The second kappa shape index (κ2) is 6.61. The fraction of sp³-hybridized carbons (Fsp3) is 0.100. The third-order valence-electron chi connectivity index (χ3n) is 4.11. The van der Waals surface area contributed by atoms with E-state index >= 15 is 0 Å². The van der Waals surface area contributed by atoms with Crippen molar-refractivity contribution in [3.8, 4) is 5.69 Å². The molecule has 0 saturated carbocycles. The molecule has 0 bridgehead atoms. The van der Waals surface area contributed by atoms with Crippen LogP contribution in [-0.2, 0) is 7.05 Å². The van der Waals surface area contributed by atoms with Crippen LogP contribution in [0.2, 0.25) is 0 Å². The van der Waals surface area contributed by atoms with E-state index in [1.807, 2.05) is 66.3 Å².